The summed E-state index contributed by atoms with van der Waals surface area (Å²) in [7, 11) is 0. The molecule has 1 aromatic carbocycles. The molecular weight excluding hydrogens is 379 g/mol. The monoisotopic (exact) mass is 399 g/mol. The second-order valence-electron chi connectivity index (χ2n) is 6.66. The molecule has 0 unspecified atom stereocenters. The predicted octanol–water partition coefficient (Wildman–Crippen LogP) is 2.61. The summed E-state index contributed by atoms with van der Waals surface area (Å²) in [5.74, 6) is -3.37. The molecule has 1 aromatic rings. The Morgan fingerprint density at radius 1 is 1.14 bits per heavy atom. The lowest BCUT2D eigenvalue weighted by Crippen LogP contribution is -2.48. The van der Waals surface area contributed by atoms with E-state index in [1.807, 2.05) is 0 Å². The van der Waals surface area contributed by atoms with Gasteiger partial charge in [-0.2, -0.15) is 13.2 Å². The molecule has 0 saturated carbocycles. The number of likely N-dealkylation sites (tertiary alicyclic amines) is 1. The summed E-state index contributed by atoms with van der Waals surface area (Å²) in [4.78, 5) is 40.3. The lowest BCUT2D eigenvalue weighted by Gasteiger charge is -2.35. The van der Waals surface area contributed by atoms with Gasteiger partial charge in [-0.1, -0.05) is 12.1 Å². The van der Waals surface area contributed by atoms with Crippen LogP contribution in [0.4, 0.5) is 23.7 Å². The van der Waals surface area contributed by atoms with E-state index in [0.29, 0.717) is 22.8 Å². The summed E-state index contributed by atoms with van der Waals surface area (Å²) in [5, 5.41) is 0. The van der Waals surface area contributed by atoms with Gasteiger partial charge >= 0.3 is 24.0 Å². The van der Waals surface area contributed by atoms with Crippen molar-refractivity contribution in [3.63, 3.8) is 0 Å². The molecule has 2 heterocycles. The van der Waals surface area contributed by atoms with Crippen LogP contribution in [0.5, 0.6) is 5.75 Å². The summed E-state index contributed by atoms with van der Waals surface area (Å²) < 4.78 is 44.4. The molecule has 0 radical (unpaired) electrons. The number of benzene rings is 1. The second kappa shape index (κ2) is 7.78. The van der Waals surface area contributed by atoms with Crippen LogP contribution < -0.4 is 9.64 Å². The third kappa shape index (κ3) is 3.82. The first-order chi connectivity index (χ1) is 13.2. The maximum Gasteiger partial charge on any atom is 0.393 e. The molecule has 10 heteroatoms. The number of nitrogens with zero attached hydrogens (tertiary/aromatic N) is 3. The molecule has 2 saturated heterocycles. The number of carbonyl (C=O) groups excluding carboxylic acids is 3. The van der Waals surface area contributed by atoms with Gasteiger partial charge in [0.2, 0.25) is 0 Å². The van der Waals surface area contributed by atoms with Gasteiger partial charge in [0.25, 0.3) is 0 Å². The number of rotatable bonds is 5. The number of para-hydroxylation sites is 2. The van der Waals surface area contributed by atoms with E-state index in [2.05, 4.69) is 0 Å². The van der Waals surface area contributed by atoms with E-state index in [-0.39, 0.29) is 37.7 Å². The molecule has 0 spiro atoms. The molecule has 0 N–H and O–H groups in total. The highest BCUT2D eigenvalue weighted by Crippen LogP contribution is 2.34. The quantitative estimate of drug-likeness (QED) is 0.562. The molecule has 3 rings (SSSR count). The van der Waals surface area contributed by atoms with Crippen LogP contribution in [0.3, 0.4) is 0 Å². The Morgan fingerprint density at radius 3 is 2.54 bits per heavy atom. The highest BCUT2D eigenvalue weighted by Gasteiger charge is 2.48. The SMILES string of the molecule is CCOc1ccccc1N1C(=O)C(=O)N(CN2CCC[C@H](C(F)(F)F)C2)C1=O. The summed E-state index contributed by atoms with van der Waals surface area (Å²) in [6.45, 7) is 1.66. The molecule has 7 nitrogen and oxygen atoms in total. The fourth-order valence-corrected chi connectivity index (χ4v) is 3.41. The zero-order valence-corrected chi connectivity index (χ0v) is 15.2. The van der Waals surface area contributed by atoms with Crippen molar-refractivity contribution >= 4 is 23.5 Å². The number of alkyl halides is 3. The molecule has 4 amide bonds. The van der Waals surface area contributed by atoms with E-state index in [0.717, 1.165) is 0 Å². The highest BCUT2D eigenvalue weighted by atomic mass is 19.4. The Labute approximate surface area is 159 Å². The number of urea groups is 1. The molecule has 152 valence electrons. The van der Waals surface area contributed by atoms with Crippen molar-refractivity contribution in [1.29, 1.82) is 0 Å². The first-order valence-electron chi connectivity index (χ1n) is 8.94. The Kier molecular flexibility index (Phi) is 5.59. The lowest BCUT2D eigenvalue weighted by molar-refractivity contribution is -0.187. The van der Waals surface area contributed by atoms with Crippen molar-refractivity contribution in [3.8, 4) is 5.75 Å². The van der Waals surface area contributed by atoms with Gasteiger partial charge in [0.15, 0.2) is 0 Å². The Morgan fingerprint density at radius 2 is 1.86 bits per heavy atom. The van der Waals surface area contributed by atoms with Gasteiger partial charge in [-0.25, -0.2) is 14.6 Å². The lowest BCUT2D eigenvalue weighted by atomic mass is 9.98. The highest BCUT2D eigenvalue weighted by molar-refractivity contribution is 6.53. The van der Waals surface area contributed by atoms with Crippen LogP contribution in [0.1, 0.15) is 19.8 Å². The zero-order chi connectivity index (χ0) is 20.5. The van der Waals surface area contributed by atoms with Gasteiger partial charge in [-0.3, -0.25) is 14.5 Å². The first-order valence-corrected chi connectivity index (χ1v) is 8.94. The number of anilines is 1. The van der Waals surface area contributed by atoms with Crippen molar-refractivity contribution in [2.75, 3.05) is 31.3 Å². The van der Waals surface area contributed by atoms with E-state index in [4.69, 9.17) is 4.74 Å². The fraction of sp³-hybridized carbons (Fsp3) is 0.500. The number of hydrogen-bond donors (Lipinski definition) is 0. The molecule has 0 bridgehead atoms. The summed E-state index contributed by atoms with van der Waals surface area (Å²) in [5.41, 5.74) is 0.127. The van der Waals surface area contributed by atoms with Crippen molar-refractivity contribution in [1.82, 2.24) is 9.80 Å². The maximum absolute atomic E-state index is 13.0. The Hall–Kier alpha value is -2.62. The van der Waals surface area contributed by atoms with Gasteiger partial charge in [0.05, 0.1) is 24.9 Å². The number of imide groups is 2. The van der Waals surface area contributed by atoms with Crippen LogP contribution in [0, 0.1) is 5.92 Å². The van der Waals surface area contributed by atoms with Crippen LogP contribution >= 0.6 is 0 Å². The number of carbonyl (C=O) groups is 3. The van der Waals surface area contributed by atoms with Gasteiger partial charge in [-0.15, -0.1) is 0 Å². The normalized spacial score (nSPS) is 21.6. The van der Waals surface area contributed by atoms with Crippen molar-refractivity contribution < 1.29 is 32.3 Å². The third-order valence-corrected chi connectivity index (χ3v) is 4.77. The summed E-state index contributed by atoms with van der Waals surface area (Å²) in [6.07, 6.45) is -4.03. The van der Waals surface area contributed by atoms with Crippen LogP contribution in [0.25, 0.3) is 0 Å². The standard InChI is InChI=1S/C18H20F3N3O4/c1-2-28-14-8-4-3-7-13(14)24-16(26)15(25)23(17(24)27)11-22-9-5-6-12(10-22)18(19,20)21/h3-4,7-8,12H,2,5-6,9-11H2,1H3/t12-/m0/s1. The van der Waals surface area contributed by atoms with E-state index in [1.54, 1.807) is 25.1 Å². The molecule has 28 heavy (non-hydrogen) atoms. The number of ether oxygens (including phenoxy) is 1. The minimum Gasteiger partial charge on any atom is -0.492 e. The number of hydrogen-bond acceptors (Lipinski definition) is 5. The molecule has 2 fully saturated rings. The van der Waals surface area contributed by atoms with E-state index >= 15 is 0 Å². The summed E-state index contributed by atoms with van der Waals surface area (Å²) in [6, 6.07) is 5.38. The summed E-state index contributed by atoms with van der Waals surface area (Å²) >= 11 is 0. The minimum absolute atomic E-state index is 0.00861. The van der Waals surface area contributed by atoms with Crippen LogP contribution in [-0.4, -0.2) is 60.2 Å². The number of halogens is 3. The van der Waals surface area contributed by atoms with Gasteiger partial charge in [-0.05, 0) is 38.4 Å². The van der Waals surface area contributed by atoms with Crippen molar-refractivity contribution in [2.24, 2.45) is 5.92 Å². The van der Waals surface area contributed by atoms with Crippen molar-refractivity contribution in [3.05, 3.63) is 24.3 Å². The average Bonchev–Trinajstić information content (AvgIpc) is 2.86. The van der Waals surface area contributed by atoms with Gasteiger partial charge < -0.3 is 4.74 Å². The second-order valence-corrected chi connectivity index (χ2v) is 6.66. The number of amides is 4. The Balaban J connectivity index is 1.79. The predicted molar refractivity (Wildman–Crippen MR) is 92.6 cm³/mol. The maximum atomic E-state index is 13.0. The molecule has 2 aliphatic rings. The molecule has 0 aliphatic carbocycles. The van der Waals surface area contributed by atoms with Crippen LogP contribution in [0.2, 0.25) is 0 Å². The van der Waals surface area contributed by atoms with Crippen LogP contribution in [-0.2, 0) is 9.59 Å². The Bertz CT molecular complexity index is 784. The van der Waals surface area contributed by atoms with Crippen molar-refractivity contribution in [2.45, 2.75) is 25.9 Å². The third-order valence-electron chi connectivity index (χ3n) is 4.77. The number of piperidine rings is 1. The van der Waals surface area contributed by atoms with Gasteiger partial charge in [0, 0.05) is 6.54 Å². The van der Waals surface area contributed by atoms with Crippen LogP contribution in [0.15, 0.2) is 24.3 Å². The van der Waals surface area contributed by atoms with Gasteiger partial charge in [0.1, 0.15) is 5.75 Å². The van der Waals surface area contributed by atoms with E-state index in [1.165, 1.54) is 11.0 Å². The zero-order valence-electron chi connectivity index (χ0n) is 15.2. The fourth-order valence-electron chi connectivity index (χ4n) is 3.41. The smallest absolute Gasteiger partial charge is 0.393 e. The van der Waals surface area contributed by atoms with E-state index in [9.17, 15) is 27.6 Å². The largest absolute Gasteiger partial charge is 0.492 e. The molecular formula is C18H20F3N3O4. The molecule has 0 aromatic heterocycles. The molecule has 1 atom stereocenters. The first kappa shape index (κ1) is 20.1. The molecule has 2 aliphatic heterocycles. The minimum atomic E-state index is -4.34. The van der Waals surface area contributed by atoms with E-state index < -0.39 is 29.9 Å². The topological polar surface area (TPSA) is 70.2 Å². The average molecular weight is 399 g/mol.